The van der Waals surface area contributed by atoms with Crippen LogP contribution in [0.25, 0.3) is 0 Å². The molecule has 0 radical (unpaired) electrons. The zero-order chi connectivity index (χ0) is 12.0. The number of hydrazone groups is 1. The molecule has 5 nitrogen and oxygen atoms in total. The third-order valence-corrected chi connectivity index (χ3v) is 1.97. The van der Waals surface area contributed by atoms with Crippen molar-refractivity contribution >= 4 is 23.5 Å². The molecule has 16 heavy (non-hydrogen) atoms. The van der Waals surface area contributed by atoms with Crippen LogP contribution in [0.2, 0.25) is 0 Å². The predicted octanol–water partition coefficient (Wildman–Crippen LogP) is -1.05. The van der Waals surface area contributed by atoms with Crippen molar-refractivity contribution in [1.82, 2.24) is 5.43 Å². The topological polar surface area (TPSA) is 70.5 Å². The number of ether oxygens (including phenoxy) is 2. The van der Waals surface area contributed by atoms with E-state index < -0.39 is 0 Å². The van der Waals surface area contributed by atoms with E-state index in [1.54, 1.807) is 26.5 Å². The van der Waals surface area contributed by atoms with Crippen molar-refractivity contribution in [3.63, 3.8) is 0 Å². The normalized spacial score (nSPS) is 10.1. The van der Waals surface area contributed by atoms with Gasteiger partial charge in [-0.2, -0.15) is 0 Å². The summed E-state index contributed by atoms with van der Waals surface area (Å²) in [5.41, 5.74) is 8.70. The van der Waals surface area contributed by atoms with E-state index in [-0.39, 0.29) is 5.11 Å². The minimum absolute atomic E-state index is 0.170. The maximum absolute atomic E-state index is 5.26. The molecule has 0 saturated carbocycles. The lowest BCUT2D eigenvalue weighted by atomic mass is 10.2. The first-order chi connectivity index (χ1) is 7.67. The number of hydrogen-bond acceptors (Lipinski definition) is 3. The molecule has 0 aliphatic heterocycles. The molecule has 6 heteroatoms. The summed E-state index contributed by atoms with van der Waals surface area (Å²) in [6, 6.07) is 5.47. The molecule has 86 valence electrons. The van der Waals surface area contributed by atoms with Crippen molar-refractivity contribution in [2.75, 3.05) is 14.2 Å². The van der Waals surface area contributed by atoms with Gasteiger partial charge >= 0.3 is 0 Å². The van der Waals surface area contributed by atoms with Crippen LogP contribution in [-0.4, -0.2) is 25.5 Å². The van der Waals surface area contributed by atoms with Crippen molar-refractivity contribution < 1.29 is 14.6 Å². The molecular weight excluding hydrogens is 226 g/mol. The van der Waals surface area contributed by atoms with E-state index in [2.05, 4.69) is 22.7 Å². The first-order valence-electron chi connectivity index (χ1n) is 4.53. The fourth-order valence-electron chi connectivity index (χ4n) is 1.12. The van der Waals surface area contributed by atoms with Crippen LogP contribution in [0.1, 0.15) is 5.56 Å². The van der Waals surface area contributed by atoms with Crippen LogP contribution in [0.15, 0.2) is 18.2 Å². The van der Waals surface area contributed by atoms with E-state index in [0.717, 1.165) is 11.3 Å². The Kier molecular flexibility index (Phi) is 4.53. The first kappa shape index (κ1) is 12.3. The second-order valence-electron chi connectivity index (χ2n) is 2.89. The van der Waals surface area contributed by atoms with Crippen molar-refractivity contribution in [2.45, 2.75) is 0 Å². The Labute approximate surface area is 99.2 Å². The summed E-state index contributed by atoms with van der Waals surface area (Å²) >= 11 is 4.64. The Bertz CT molecular complexity index is 407. The van der Waals surface area contributed by atoms with Gasteiger partial charge < -0.3 is 15.2 Å². The average Bonchev–Trinajstić information content (AvgIpc) is 2.29. The Balaban J connectivity index is 2.87. The number of methoxy groups -OCH3 is 2. The maximum atomic E-state index is 5.26. The molecule has 4 N–H and O–H groups in total. The smallest absolute Gasteiger partial charge is 0.221 e. The van der Waals surface area contributed by atoms with Gasteiger partial charge in [-0.05, 0) is 24.4 Å². The number of hydrazine groups is 1. The fourth-order valence-corrected chi connectivity index (χ4v) is 1.18. The minimum atomic E-state index is 0.170. The van der Waals surface area contributed by atoms with Crippen molar-refractivity contribution in [1.29, 1.82) is 0 Å². The second kappa shape index (κ2) is 5.92. The van der Waals surface area contributed by atoms with E-state index in [9.17, 15) is 0 Å². The van der Waals surface area contributed by atoms with Gasteiger partial charge in [0.05, 0.1) is 19.8 Å². The average molecular weight is 240 g/mol. The third kappa shape index (κ3) is 3.39. The summed E-state index contributed by atoms with van der Waals surface area (Å²) in [5.74, 6) is 1.42. The molecule has 0 aliphatic rings. The molecule has 0 unspecified atom stereocenters. The highest BCUT2D eigenvalue weighted by molar-refractivity contribution is 7.80. The van der Waals surface area contributed by atoms with Crippen LogP contribution < -0.4 is 25.7 Å². The van der Waals surface area contributed by atoms with Crippen LogP contribution >= 0.6 is 12.2 Å². The molecule has 0 saturated heterocycles. The summed E-state index contributed by atoms with van der Waals surface area (Å²) in [4.78, 5) is 0. The van der Waals surface area contributed by atoms with Gasteiger partial charge in [-0.3, -0.25) is 0 Å². The molecular formula is C10H14N3O2S+. The quantitative estimate of drug-likeness (QED) is 0.356. The summed E-state index contributed by atoms with van der Waals surface area (Å²) in [6.45, 7) is 0. The zero-order valence-electron chi connectivity index (χ0n) is 9.11. The summed E-state index contributed by atoms with van der Waals surface area (Å²) in [6.07, 6.45) is 1.69. The van der Waals surface area contributed by atoms with Crippen LogP contribution in [0.4, 0.5) is 0 Å². The van der Waals surface area contributed by atoms with E-state index in [1.807, 2.05) is 12.1 Å². The minimum Gasteiger partial charge on any atom is -0.497 e. The van der Waals surface area contributed by atoms with E-state index in [0.29, 0.717) is 5.75 Å². The van der Waals surface area contributed by atoms with Crippen molar-refractivity contribution in [3.05, 3.63) is 23.8 Å². The number of thiocarbonyl (C=S) groups is 1. The summed E-state index contributed by atoms with van der Waals surface area (Å²) in [7, 11) is 3.19. The molecule has 0 heterocycles. The van der Waals surface area contributed by atoms with Crippen LogP contribution in [0.3, 0.4) is 0 Å². The zero-order valence-corrected chi connectivity index (χ0v) is 9.93. The Hall–Kier alpha value is -1.82. The van der Waals surface area contributed by atoms with Crippen LogP contribution in [0.5, 0.6) is 11.5 Å². The lowest BCUT2D eigenvalue weighted by Crippen LogP contribution is -2.82. The highest BCUT2D eigenvalue weighted by Crippen LogP contribution is 2.22. The number of benzene rings is 1. The highest BCUT2D eigenvalue weighted by atomic mass is 32.1. The van der Waals surface area contributed by atoms with Gasteiger partial charge in [0, 0.05) is 6.07 Å². The number of hydrogen-bond donors (Lipinski definition) is 3. The number of nitrogens with two attached hydrogens (primary N) is 1. The first-order valence-corrected chi connectivity index (χ1v) is 4.94. The van der Waals surface area contributed by atoms with Crippen molar-refractivity contribution in [2.24, 2.45) is 5.73 Å². The second-order valence-corrected chi connectivity index (χ2v) is 3.33. The summed E-state index contributed by atoms with van der Waals surface area (Å²) in [5, 5.41) is 2.92. The molecule has 1 aromatic carbocycles. The molecule has 1 aromatic rings. The van der Waals surface area contributed by atoms with Gasteiger partial charge in [0.15, 0.2) is 0 Å². The van der Waals surface area contributed by atoms with Gasteiger partial charge in [-0.15, -0.1) is 10.5 Å². The molecule has 1 rings (SSSR count). The monoisotopic (exact) mass is 240 g/mol. The van der Waals surface area contributed by atoms with Crippen molar-refractivity contribution in [3.8, 4) is 11.5 Å². The Morgan fingerprint density at radius 1 is 1.44 bits per heavy atom. The molecule has 0 aromatic heterocycles. The SMILES string of the molecule is COc1ccc(C=[NH+]NC(N)=S)c(OC)c1. The van der Waals surface area contributed by atoms with Gasteiger partial charge in [0.25, 0.3) is 0 Å². The van der Waals surface area contributed by atoms with Gasteiger partial charge in [0.1, 0.15) is 11.5 Å². The molecule has 0 aliphatic carbocycles. The van der Waals surface area contributed by atoms with E-state index in [4.69, 9.17) is 15.2 Å². The van der Waals surface area contributed by atoms with Gasteiger partial charge in [-0.1, -0.05) is 0 Å². The number of nitrogens with one attached hydrogen (secondary N) is 2. The number of rotatable bonds is 4. The van der Waals surface area contributed by atoms with Gasteiger partial charge in [0.2, 0.25) is 11.3 Å². The largest absolute Gasteiger partial charge is 0.497 e. The van der Waals surface area contributed by atoms with E-state index in [1.165, 1.54) is 0 Å². The van der Waals surface area contributed by atoms with E-state index >= 15 is 0 Å². The molecule has 0 spiro atoms. The lowest BCUT2D eigenvalue weighted by molar-refractivity contribution is -0.499. The third-order valence-electron chi connectivity index (χ3n) is 1.86. The Morgan fingerprint density at radius 2 is 2.19 bits per heavy atom. The highest BCUT2D eigenvalue weighted by Gasteiger charge is 2.04. The van der Waals surface area contributed by atoms with Gasteiger partial charge in [-0.25, -0.2) is 0 Å². The molecule has 0 bridgehead atoms. The lowest BCUT2D eigenvalue weighted by Gasteiger charge is -2.05. The molecule has 0 amide bonds. The molecule has 0 atom stereocenters. The van der Waals surface area contributed by atoms with Crippen LogP contribution in [-0.2, 0) is 0 Å². The maximum Gasteiger partial charge on any atom is 0.221 e. The van der Waals surface area contributed by atoms with Crippen LogP contribution in [0, 0.1) is 0 Å². The fraction of sp³-hybridized carbons (Fsp3) is 0.200. The standard InChI is InChI=1S/C10H13N3O2S/c1-14-8-4-3-7(9(5-8)15-2)6-12-13-10(11)16/h3-6H,1-2H3,(H3,11,13,16)/p+1. The Morgan fingerprint density at radius 3 is 2.75 bits per heavy atom. The summed E-state index contributed by atoms with van der Waals surface area (Å²) < 4.78 is 10.3. The predicted molar refractivity (Wildman–Crippen MR) is 65.6 cm³/mol. The molecule has 0 fully saturated rings.